The van der Waals surface area contributed by atoms with Crippen LogP contribution in [-0.4, -0.2) is 4.98 Å². The van der Waals surface area contributed by atoms with Crippen molar-refractivity contribution in [2.24, 2.45) is 0 Å². The highest BCUT2D eigenvalue weighted by atomic mass is 32.1. The molecule has 0 radical (unpaired) electrons. The van der Waals surface area contributed by atoms with E-state index in [-0.39, 0.29) is 0 Å². The maximum absolute atomic E-state index is 6.14. The van der Waals surface area contributed by atoms with Crippen LogP contribution in [0.4, 0.5) is 5.00 Å². The second-order valence-corrected chi connectivity index (χ2v) is 6.33. The fourth-order valence-corrected chi connectivity index (χ4v) is 4.29. The second-order valence-electron chi connectivity index (χ2n) is 5.26. The molecule has 0 atom stereocenters. The van der Waals surface area contributed by atoms with Crippen molar-refractivity contribution in [3.05, 3.63) is 10.7 Å². The molecule has 0 aliphatic heterocycles. The van der Waals surface area contributed by atoms with Crippen LogP contribution in [0.25, 0.3) is 0 Å². The number of nitrogen functional groups attached to an aromatic ring is 1. The minimum atomic E-state index is 0.673. The van der Waals surface area contributed by atoms with Crippen molar-refractivity contribution in [2.75, 3.05) is 5.73 Å². The molecular weight excluding hydrogens is 216 g/mol. The van der Waals surface area contributed by atoms with E-state index in [9.17, 15) is 0 Å². The second kappa shape index (κ2) is 4.36. The number of nitrogens with zero attached hydrogens (tertiary/aromatic N) is 1. The summed E-state index contributed by atoms with van der Waals surface area (Å²) in [4.78, 5) is 4.87. The molecule has 2 saturated carbocycles. The van der Waals surface area contributed by atoms with E-state index in [4.69, 9.17) is 10.7 Å². The molecule has 2 aliphatic carbocycles. The van der Waals surface area contributed by atoms with Gasteiger partial charge in [-0.3, -0.25) is 0 Å². The lowest BCUT2D eigenvalue weighted by atomic mass is 10.0. The molecule has 1 heterocycles. The first-order valence-corrected chi connectivity index (χ1v) is 7.42. The molecule has 3 rings (SSSR count). The van der Waals surface area contributed by atoms with Crippen LogP contribution >= 0.6 is 11.3 Å². The molecule has 1 aromatic rings. The lowest BCUT2D eigenvalue weighted by molar-refractivity contribution is 0.676. The average molecular weight is 236 g/mol. The van der Waals surface area contributed by atoms with Gasteiger partial charge in [-0.1, -0.05) is 25.7 Å². The summed E-state index contributed by atoms with van der Waals surface area (Å²) in [5, 5.41) is 2.34. The van der Waals surface area contributed by atoms with Gasteiger partial charge < -0.3 is 5.73 Å². The topological polar surface area (TPSA) is 38.9 Å². The number of hydrogen-bond donors (Lipinski definition) is 1. The maximum Gasteiger partial charge on any atom is 0.110 e. The molecule has 3 heteroatoms. The molecular formula is C13H20N2S. The van der Waals surface area contributed by atoms with Crippen LogP contribution in [0.1, 0.15) is 73.9 Å². The van der Waals surface area contributed by atoms with Crippen LogP contribution in [0.3, 0.4) is 0 Å². The zero-order valence-corrected chi connectivity index (χ0v) is 10.6. The SMILES string of the molecule is Nc1sc(C2CCCC2)nc1C1CCCC1. The number of aromatic nitrogens is 1. The summed E-state index contributed by atoms with van der Waals surface area (Å²) >= 11 is 1.77. The van der Waals surface area contributed by atoms with Gasteiger partial charge in [0.05, 0.1) is 10.7 Å². The van der Waals surface area contributed by atoms with Crippen molar-refractivity contribution in [1.29, 1.82) is 0 Å². The average Bonchev–Trinajstić information content (AvgIpc) is 2.97. The van der Waals surface area contributed by atoms with E-state index < -0.39 is 0 Å². The van der Waals surface area contributed by atoms with Gasteiger partial charge >= 0.3 is 0 Å². The summed E-state index contributed by atoms with van der Waals surface area (Å²) < 4.78 is 0. The highest BCUT2D eigenvalue weighted by Crippen LogP contribution is 2.43. The summed E-state index contributed by atoms with van der Waals surface area (Å²) in [5.74, 6) is 1.40. The fourth-order valence-electron chi connectivity index (χ4n) is 3.20. The van der Waals surface area contributed by atoms with Gasteiger partial charge in [0.25, 0.3) is 0 Å². The molecule has 2 nitrogen and oxygen atoms in total. The van der Waals surface area contributed by atoms with Crippen molar-refractivity contribution in [3.63, 3.8) is 0 Å². The highest BCUT2D eigenvalue weighted by Gasteiger charge is 2.26. The van der Waals surface area contributed by atoms with Crippen LogP contribution < -0.4 is 5.73 Å². The molecule has 0 saturated heterocycles. The van der Waals surface area contributed by atoms with E-state index in [1.165, 1.54) is 62.1 Å². The first kappa shape index (κ1) is 10.6. The Kier molecular flexibility index (Phi) is 2.88. The van der Waals surface area contributed by atoms with Crippen molar-refractivity contribution in [1.82, 2.24) is 4.98 Å². The Balaban J connectivity index is 1.83. The molecule has 2 N–H and O–H groups in total. The minimum Gasteiger partial charge on any atom is -0.389 e. The molecule has 1 aromatic heterocycles. The predicted molar refractivity (Wildman–Crippen MR) is 68.9 cm³/mol. The zero-order valence-electron chi connectivity index (χ0n) is 9.74. The molecule has 0 amide bonds. The summed E-state index contributed by atoms with van der Waals surface area (Å²) in [6, 6.07) is 0. The molecule has 0 spiro atoms. The first-order chi connectivity index (χ1) is 7.84. The normalized spacial score (nSPS) is 23.2. The zero-order chi connectivity index (χ0) is 11.0. The lowest BCUT2D eigenvalue weighted by Gasteiger charge is -2.06. The van der Waals surface area contributed by atoms with Gasteiger partial charge in [0, 0.05) is 11.8 Å². The number of anilines is 1. The molecule has 16 heavy (non-hydrogen) atoms. The quantitative estimate of drug-likeness (QED) is 0.841. The van der Waals surface area contributed by atoms with E-state index >= 15 is 0 Å². The molecule has 0 bridgehead atoms. The number of hydrogen-bond acceptors (Lipinski definition) is 3. The van der Waals surface area contributed by atoms with Crippen molar-refractivity contribution in [3.8, 4) is 0 Å². The fraction of sp³-hybridized carbons (Fsp3) is 0.769. The highest BCUT2D eigenvalue weighted by molar-refractivity contribution is 7.15. The third-order valence-corrected chi connectivity index (χ3v) is 5.21. The van der Waals surface area contributed by atoms with Crippen molar-refractivity contribution in [2.45, 2.75) is 63.2 Å². The summed E-state index contributed by atoms with van der Waals surface area (Å²) in [6.07, 6.45) is 10.7. The number of thiazole rings is 1. The predicted octanol–water partition coefficient (Wildman–Crippen LogP) is 4.04. The Morgan fingerprint density at radius 1 is 0.938 bits per heavy atom. The molecule has 0 unspecified atom stereocenters. The summed E-state index contributed by atoms with van der Waals surface area (Å²) in [6.45, 7) is 0. The van der Waals surface area contributed by atoms with Crippen LogP contribution in [0, 0.1) is 0 Å². The molecule has 2 aliphatic rings. The maximum atomic E-state index is 6.14. The van der Waals surface area contributed by atoms with E-state index in [0.29, 0.717) is 5.92 Å². The Morgan fingerprint density at radius 3 is 2.12 bits per heavy atom. The van der Waals surface area contributed by atoms with Gasteiger partial charge in [-0.15, -0.1) is 11.3 Å². The number of rotatable bonds is 2. The van der Waals surface area contributed by atoms with Gasteiger partial charge in [0.2, 0.25) is 0 Å². The van der Waals surface area contributed by atoms with E-state index in [0.717, 1.165) is 10.9 Å². The smallest absolute Gasteiger partial charge is 0.110 e. The summed E-state index contributed by atoms with van der Waals surface area (Å²) in [7, 11) is 0. The van der Waals surface area contributed by atoms with Crippen LogP contribution in [0.5, 0.6) is 0 Å². The molecule has 2 fully saturated rings. The minimum absolute atomic E-state index is 0.673. The van der Waals surface area contributed by atoms with Gasteiger partial charge in [-0.25, -0.2) is 4.98 Å². The molecule has 0 aromatic carbocycles. The van der Waals surface area contributed by atoms with Gasteiger partial charge in [0.1, 0.15) is 5.00 Å². The van der Waals surface area contributed by atoms with Gasteiger partial charge in [-0.05, 0) is 25.7 Å². The third-order valence-electron chi connectivity index (χ3n) is 4.14. The first-order valence-electron chi connectivity index (χ1n) is 6.60. The number of nitrogens with two attached hydrogens (primary N) is 1. The van der Waals surface area contributed by atoms with Crippen molar-refractivity contribution < 1.29 is 0 Å². The van der Waals surface area contributed by atoms with Gasteiger partial charge in [-0.2, -0.15) is 0 Å². The van der Waals surface area contributed by atoms with Crippen LogP contribution in [0.2, 0.25) is 0 Å². The van der Waals surface area contributed by atoms with Crippen LogP contribution in [-0.2, 0) is 0 Å². The van der Waals surface area contributed by atoms with E-state index in [2.05, 4.69) is 0 Å². The Hall–Kier alpha value is -0.570. The Bertz CT molecular complexity index is 360. The van der Waals surface area contributed by atoms with E-state index in [1.807, 2.05) is 0 Å². The third kappa shape index (κ3) is 1.86. The Morgan fingerprint density at radius 2 is 1.50 bits per heavy atom. The lowest BCUT2D eigenvalue weighted by Crippen LogP contribution is -1.98. The summed E-state index contributed by atoms with van der Waals surface area (Å²) in [5.41, 5.74) is 7.39. The van der Waals surface area contributed by atoms with Gasteiger partial charge in [0.15, 0.2) is 0 Å². The standard InChI is InChI=1S/C13H20N2S/c14-12-11(9-5-1-2-6-9)15-13(16-12)10-7-3-4-8-10/h9-10H,1-8,14H2. The Labute approximate surface area is 101 Å². The van der Waals surface area contributed by atoms with Crippen LogP contribution in [0.15, 0.2) is 0 Å². The van der Waals surface area contributed by atoms with E-state index in [1.54, 1.807) is 11.3 Å². The monoisotopic (exact) mass is 236 g/mol. The largest absolute Gasteiger partial charge is 0.389 e. The molecule has 88 valence electrons. The van der Waals surface area contributed by atoms with Crippen molar-refractivity contribution >= 4 is 16.3 Å².